The van der Waals surface area contributed by atoms with Crippen molar-refractivity contribution in [3.63, 3.8) is 0 Å². The summed E-state index contributed by atoms with van der Waals surface area (Å²) in [7, 11) is 1.55. The van der Waals surface area contributed by atoms with E-state index in [1.165, 1.54) is 0 Å². The van der Waals surface area contributed by atoms with Gasteiger partial charge < -0.3 is 29.0 Å². The normalized spacial score (nSPS) is 22.0. The van der Waals surface area contributed by atoms with E-state index in [9.17, 15) is 25.1 Å². The molecular weight excluding hydrogens is 734 g/mol. The number of carboxylic acid groups (broad SMARTS) is 2. The van der Waals surface area contributed by atoms with Crippen molar-refractivity contribution in [1.82, 2.24) is 14.9 Å². The van der Waals surface area contributed by atoms with Crippen molar-refractivity contribution < 1.29 is 33.7 Å². The topological polar surface area (TPSA) is 162 Å². The van der Waals surface area contributed by atoms with Gasteiger partial charge in [-0.25, -0.2) is 4.98 Å². The number of pyridine rings is 1. The molecule has 1 aliphatic carbocycles. The monoisotopic (exact) mass is 775 g/mol. The fraction of sp³-hybridized carbons (Fsp3) is 0.372. The Bertz CT molecular complexity index is 2440. The van der Waals surface area contributed by atoms with Gasteiger partial charge in [-0.05, 0) is 93.1 Å². The Hall–Kier alpha value is -5.64. The molecule has 288 valence electrons. The quantitative estimate of drug-likeness (QED) is 0.141. The molecule has 56 heavy (non-hydrogen) atoms. The number of oxazole rings is 1. The molecule has 0 radical (unpaired) electrons. The Morgan fingerprint density at radius 2 is 1.84 bits per heavy atom. The van der Waals surface area contributed by atoms with E-state index in [4.69, 9.17) is 35.5 Å². The number of halogens is 1. The van der Waals surface area contributed by atoms with Gasteiger partial charge in [0.15, 0.2) is 5.58 Å². The number of likely N-dealkylation sites (tertiary alicyclic amines) is 1. The largest absolute Gasteiger partial charge is 0.481 e. The van der Waals surface area contributed by atoms with Gasteiger partial charge in [0.25, 0.3) is 0 Å². The maximum absolute atomic E-state index is 11.8. The molecule has 2 aromatic heterocycles. The number of fused-ring (bicyclic) bond motifs is 2. The number of carbonyl (C=O) groups is 2. The van der Waals surface area contributed by atoms with E-state index in [1.54, 1.807) is 26.2 Å². The van der Waals surface area contributed by atoms with E-state index >= 15 is 0 Å². The Kier molecular flexibility index (Phi) is 9.63. The third-order valence-electron chi connectivity index (χ3n) is 11.9. The average Bonchev–Trinajstić information content (AvgIpc) is 4.00. The van der Waals surface area contributed by atoms with Crippen molar-refractivity contribution in [2.24, 2.45) is 11.3 Å². The first-order valence-corrected chi connectivity index (χ1v) is 19.1. The van der Waals surface area contributed by atoms with Crippen LogP contribution in [0.5, 0.6) is 11.8 Å². The summed E-state index contributed by atoms with van der Waals surface area (Å²) < 4.78 is 18.6. The lowest BCUT2D eigenvalue weighted by atomic mass is 9.88. The predicted octanol–water partition coefficient (Wildman–Crippen LogP) is 7.90. The van der Waals surface area contributed by atoms with Gasteiger partial charge in [-0.3, -0.25) is 14.5 Å². The van der Waals surface area contributed by atoms with Gasteiger partial charge in [0.05, 0.1) is 24.0 Å². The number of methoxy groups -OCH3 is 1. The van der Waals surface area contributed by atoms with Crippen LogP contribution in [0, 0.1) is 36.5 Å². The first-order valence-electron chi connectivity index (χ1n) is 18.7. The van der Waals surface area contributed by atoms with Crippen molar-refractivity contribution >= 4 is 40.3 Å². The second-order valence-corrected chi connectivity index (χ2v) is 15.9. The van der Waals surface area contributed by atoms with Gasteiger partial charge in [-0.2, -0.15) is 10.2 Å². The Morgan fingerprint density at radius 3 is 2.54 bits per heavy atom. The van der Waals surface area contributed by atoms with Gasteiger partial charge in [-0.15, -0.1) is 0 Å². The number of aliphatic carboxylic acids is 2. The molecule has 0 spiro atoms. The standard InChI is InChI=1S/C43H42ClN5O7/c1-23-9-10-25(39-46-36-24(2)34(17-27(19-45)37(36)56-39)49-13-11-26(21-49)41(50)51)15-31(23)32-18-35(30-8-6-5-7-29(30)32)55-40-33(44)16-28(38(47-40)54-4)20-48-14-12-43(3,22-48)42(52)53/h5-10,15-17,26,32,35H,11-14,18,20-22H2,1-4H3,(H,50,51)(H,52,53). The van der Waals surface area contributed by atoms with Crippen LogP contribution in [0.3, 0.4) is 0 Å². The third-order valence-corrected chi connectivity index (χ3v) is 12.1. The number of benzene rings is 3. The van der Waals surface area contributed by atoms with Crippen LogP contribution in [0.1, 0.15) is 77.2 Å². The molecule has 4 heterocycles. The molecule has 3 aliphatic rings. The molecule has 12 nitrogen and oxygen atoms in total. The lowest BCUT2D eigenvalue weighted by molar-refractivity contribution is -0.147. The molecule has 13 heteroatoms. The lowest BCUT2D eigenvalue weighted by Gasteiger charge is -2.22. The molecule has 2 saturated heterocycles. The third kappa shape index (κ3) is 6.58. The van der Waals surface area contributed by atoms with E-state index < -0.39 is 23.3 Å². The number of nitriles is 1. The summed E-state index contributed by atoms with van der Waals surface area (Å²) in [6.45, 7) is 8.26. The number of ether oxygens (including phenoxy) is 2. The number of hydrogen-bond acceptors (Lipinski definition) is 10. The van der Waals surface area contributed by atoms with Crippen LogP contribution in [-0.4, -0.2) is 70.3 Å². The van der Waals surface area contributed by atoms with Crippen LogP contribution in [-0.2, 0) is 16.1 Å². The summed E-state index contributed by atoms with van der Waals surface area (Å²) in [5, 5.41) is 29.7. The SMILES string of the molecule is COc1nc(OC2CC(c3cc(-c4nc5c(C)c(N6CCC(C(=O)O)C6)cc(C#N)c5o4)ccc3C)c3ccccc32)c(Cl)cc1CN1CCC(C)(C(=O)O)C1. The van der Waals surface area contributed by atoms with Gasteiger partial charge >= 0.3 is 11.9 Å². The lowest BCUT2D eigenvalue weighted by Crippen LogP contribution is -2.31. The predicted molar refractivity (Wildman–Crippen MR) is 209 cm³/mol. The first-order chi connectivity index (χ1) is 26.9. The van der Waals surface area contributed by atoms with Gasteiger partial charge in [-0.1, -0.05) is 41.9 Å². The summed E-state index contributed by atoms with van der Waals surface area (Å²) in [5.74, 6) is -1.06. The highest BCUT2D eigenvalue weighted by Gasteiger charge is 2.41. The van der Waals surface area contributed by atoms with Gasteiger partial charge in [0.1, 0.15) is 22.7 Å². The van der Waals surface area contributed by atoms with Crippen LogP contribution in [0.4, 0.5) is 5.69 Å². The second-order valence-electron chi connectivity index (χ2n) is 15.5. The minimum Gasteiger partial charge on any atom is -0.481 e. The Morgan fingerprint density at radius 1 is 1.05 bits per heavy atom. The molecule has 0 bridgehead atoms. The molecule has 4 unspecified atom stereocenters. The van der Waals surface area contributed by atoms with Gasteiger partial charge in [0, 0.05) is 54.5 Å². The molecule has 5 aromatic rings. The number of carboxylic acids is 2. The molecule has 2 fully saturated rings. The zero-order chi connectivity index (χ0) is 39.5. The number of aryl methyl sites for hydroxylation is 2. The Labute approximate surface area is 329 Å². The summed E-state index contributed by atoms with van der Waals surface area (Å²) in [5.41, 5.74) is 8.04. The molecule has 2 aliphatic heterocycles. The minimum atomic E-state index is -0.814. The number of anilines is 1. The molecule has 0 saturated carbocycles. The van der Waals surface area contributed by atoms with Crippen molar-refractivity contribution in [2.75, 3.05) is 38.2 Å². The van der Waals surface area contributed by atoms with Crippen LogP contribution < -0.4 is 14.4 Å². The van der Waals surface area contributed by atoms with E-state index in [2.05, 4.69) is 42.2 Å². The highest BCUT2D eigenvalue weighted by atomic mass is 35.5. The second kappa shape index (κ2) is 14.5. The van der Waals surface area contributed by atoms with Crippen LogP contribution in [0.15, 0.2) is 59.0 Å². The summed E-state index contributed by atoms with van der Waals surface area (Å²) in [4.78, 5) is 37.2. The van der Waals surface area contributed by atoms with Crippen LogP contribution in [0.2, 0.25) is 5.02 Å². The highest BCUT2D eigenvalue weighted by molar-refractivity contribution is 6.31. The number of rotatable bonds is 10. The number of nitrogens with zero attached hydrogens (tertiary/aromatic N) is 5. The summed E-state index contributed by atoms with van der Waals surface area (Å²) >= 11 is 6.84. The zero-order valence-corrected chi connectivity index (χ0v) is 32.4. The van der Waals surface area contributed by atoms with Crippen molar-refractivity contribution in [2.45, 2.75) is 58.6 Å². The molecule has 8 rings (SSSR count). The smallest absolute Gasteiger partial charge is 0.310 e. The summed E-state index contributed by atoms with van der Waals surface area (Å²) in [6, 6.07) is 20.2. The van der Waals surface area contributed by atoms with Crippen molar-refractivity contribution in [3.05, 3.63) is 98.6 Å². The average molecular weight is 776 g/mol. The zero-order valence-electron chi connectivity index (χ0n) is 31.6. The van der Waals surface area contributed by atoms with E-state index in [-0.39, 0.29) is 17.9 Å². The first kappa shape index (κ1) is 37.3. The molecular formula is C43H42ClN5O7. The fourth-order valence-electron chi connectivity index (χ4n) is 8.66. The maximum Gasteiger partial charge on any atom is 0.310 e. The molecule has 3 aromatic carbocycles. The minimum absolute atomic E-state index is 0.0282. The van der Waals surface area contributed by atoms with Crippen molar-refractivity contribution in [3.8, 4) is 29.3 Å². The maximum atomic E-state index is 11.8. The Balaban J connectivity index is 1.07. The van der Waals surface area contributed by atoms with Crippen LogP contribution in [0.25, 0.3) is 22.6 Å². The number of aromatic nitrogens is 2. The van der Waals surface area contributed by atoms with Crippen LogP contribution >= 0.6 is 11.6 Å². The van der Waals surface area contributed by atoms with Crippen molar-refractivity contribution in [1.29, 1.82) is 5.26 Å². The fourth-order valence-corrected chi connectivity index (χ4v) is 8.88. The summed E-state index contributed by atoms with van der Waals surface area (Å²) in [6.07, 6.45) is 1.37. The van der Waals surface area contributed by atoms with E-state index in [0.29, 0.717) is 85.4 Å². The van der Waals surface area contributed by atoms with E-state index in [1.807, 2.05) is 30.0 Å². The molecule has 4 atom stereocenters. The van der Waals surface area contributed by atoms with Gasteiger partial charge in [0.2, 0.25) is 17.7 Å². The highest BCUT2D eigenvalue weighted by Crippen LogP contribution is 2.48. The number of hydrogen-bond donors (Lipinski definition) is 2. The molecule has 0 amide bonds. The van der Waals surface area contributed by atoms with E-state index in [0.717, 1.165) is 44.6 Å². The molecule has 2 N–H and O–H groups in total.